The van der Waals surface area contributed by atoms with E-state index >= 15 is 0 Å². The Hall–Kier alpha value is -2.27. The lowest BCUT2D eigenvalue weighted by molar-refractivity contribution is -0.131. The van der Waals surface area contributed by atoms with Gasteiger partial charge < -0.3 is 14.1 Å². The zero-order valence-corrected chi connectivity index (χ0v) is 17.0. The van der Waals surface area contributed by atoms with Crippen LogP contribution >= 0.6 is 0 Å². The van der Waals surface area contributed by atoms with Crippen molar-refractivity contribution >= 4 is 5.91 Å². The highest BCUT2D eigenvalue weighted by molar-refractivity contribution is 5.77. The van der Waals surface area contributed by atoms with Gasteiger partial charge in [-0.2, -0.15) is 0 Å². The minimum atomic E-state index is -0.149. The lowest BCUT2D eigenvalue weighted by Gasteiger charge is -2.47. The van der Waals surface area contributed by atoms with Gasteiger partial charge in [0.1, 0.15) is 17.1 Å². The topological polar surface area (TPSA) is 45.9 Å². The molecule has 1 atom stereocenters. The molecule has 5 rings (SSSR count). The van der Waals surface area contributed by atoms with Crippen molar-refractivity contribution in [1.82, 2.24) is 9.80 Å². The van der Waals surface area contributed by atoms with E-state index in [4.69, 9.17) is 9.15 Å². The van der Waals surface area contributed by atoms with Crippen LogP contribution in [0.2, 0.25) is 0 Å². The quantitative estimate of drug-likeness (QED) is 0.780. The number of fused-ring (bicyclic) bond motifs is 1. The molecule has 0 N–H and O–H groups in total. The Bertz CT molecular complexity index is 834. The van der Waals surface area contributed by atoms with Crippen LogP contribution in [0.1, 0.15) is 55.8 Å². The standard InChI is InChI=1S/C24H30N2O3/c27-23(26-11-3-4-12-26)16-19-17-24(29-22-8-2-1-7-21(19)22)9-13-25(14-10-24)18-20-6-5-15-28-20/h1-2,5-8,15,19H,3-4,9-14,16-18H2/t19-/m1/s1. The molecular formula is C24H30N2O3. The number of para-hydroxylation sites is 1. The number of carbonyl (C=O) groups is 1. The number of nitrogens with zero attached hydrogens (tertiary/aromatic N) is 2. The van der Waals surface area contributed by atoms with E-state index in [-0.39, 0.29) is 11.5 Å². The minimum absolute atomic E-state index is 0.149. The van der Waals surface area contributed by atoms with Crippen molar-refractivity contribution < 1.29 is 13.9 Å². The molecule has 29 heavy (non-hydrogen) atoms. The molecule has 4 heterocycles. The normalized spacial score (nSPS) is 23.7. The minimum Gasteiger partial charge on any atom is -0.487 e. The van der Waals surface area contributed by atoms with Crippen molar-refractivity contribution in [2.75, 3.05) is 26.2 Å². The van der Waals surface area contributed by atoms with Crippen molar-refractivity contribution in [3.8, 4) is 5.75 Å². The molecule has 0 saturated carbocycles. The Morgan fingerprint density at radius 1 is 1.03 bits per heavy atom. The molecule has 5 heteroatoms. The van der Waals surface area contributed by atoms with E-state index in [0.717, 1.165) is 76.3 Å². The number of likely N-dealkylation sites (tertiary alicyclic amines) is 2. The number of hydrogen-bond donors (Lipinski definition) is 0. The average Bonchev–Trinajstić information content (AvgIpc) is 3.44. The second kappa shape index (κ2) is 7.86. The third-order valence-corrected chi connectivity index (χ3v) is 6.91. The van der Waals surface area contributed by atoms with Crippen molar-refractivity contribution in [2.45, 2.75) is 56.6 Å². The van der Waals surface area contributed by atoms with E-state index in [2.05, 4.69) is 28.0 Å². The fraction of sp³-hybridized carbons (Fsp3) is 0.542. The highest BCUT2D eigenvalue weighted by Gasteiger charge is 2.44. The number of ether oxygens (including phenoxy) is 1. The molecule has 0 bridgehead atoms. The second-order valence-corrected chi connectivity index (χ2v) is 8.87. The van der Waals surface area contributed by atoms with E-state index in [1.165, 1.54) is 5.56 Å². The lowest BCUT2D eigenvalue weighted by Crippen LogP contribution is -2.50. The molecule has 0 aliphatic carbocycles. The Kier molecular flexibility index (Phi) is 5.08. The number of carbonyl (C=O) groups excluding carboxylic acids is 1. The zero-order chi connectivity index (χ0) is 19.7. The first-order chi connectivity index (χ1) is 14.2. The zero-order valence-electron chi connectivity index (χ0n) is 17.0. The summed E-state index contributed by atoms with van der Waals surface area (Å²) in [6, 6.07) is 12.3. The number of piperidine rings is 1. The molecule has 0 unspecified atom stereocenters. The molecule has 1 amide bonds. The molecule has 154 valence electrons. The largest absolute Gasteiger partial charge is 0.487 e. The van der Waals surface area contributed by atoms with Gasteiger partial charge in [0.05, 0.1) is 12.8 Å². The monoisotopic (exact) mass is 394 g/mol. The van der Waals surface area contributed by atoms with Crippen LogP contribution < -0.4 is 4.74 Å². The number of benzene rings is 1. The number of hydrogen-bond acceptors (Lipinski definition) is 4. The molecule has 0 radical (unpaired) electrons. The highest BCUT2D eigenvalue weighted by atomic mass is 16.5. The van der Waals surface area contributed by atoms with E-state index in [1.54, 1.807) is 6.26 Å². The SMILES string of the molecule is O=C(C[C@@H]1CC2(CCN(Cc3ccco3)CC2)Oc2ccccc21)N1CCCC1. The lowest BCUT2D eigenvalue weighted by atomic mass is 9.76. The van der Waals surface area contributed by atoms with Crippen molar-refractivity contribution in [1.29, 1.82) is 0 Å². The molecule has 2 aromatic rings. The molecule has 3 aliphatic heterocycles. The third-order valence-electron chi connectivity index (χ3n) is 6.91. The molecule has 5 nitrogen and oxygen atoms in total. The van der Waals surface area contributed by atoms with Crippen LogP contribution in [0.5, 0.6) is 5.75 Å². The van der Waals surface area contributed by atoms with Crippen molar-refractivity contribution in [3.05, 3.63) is 54.0 Å². The van der Waals surface area contributed by atoms with Gasteiger partial charge >= 0.3 is 0 Å². The number of amides is 1. The Morgan fingerprint density at radius 3 is 2.59 bits per heavy atom. The van der Waals surface area contributed by atoms with Gasteiger partial charge in [-0.3, -0.25) is 9.69 Å². The third kappa shape index (κ3) is 3.93. The van der Waals surface area contributed by atoms with Gasteiger partial charge in [0.25, 0.3) is 0 Å². The van der Waals surface area contributed by atoms with Crippen LogP contribution in [0.4, 0.5) is 0 Å². The molecule has 3 aliphatic rings. The van der Waals surface area contributed by atoms with Gasteiger partial charge in [-0.15, -0.1) is 0 Å². The Labute approximate surface area is 172 Å². The molecular weight excluding hydrogens is 364 g/mol. The predicted octanol–water partition coefficient (Wildman–Crippen LogP) is 4.19. The van der Waals surface area contributed by atoms with Crippen LogP contribution in [-0.2, 0) is 11.3 Å². The highest BCUT2D eigenvalue weighted by Crippen LogP contribution is 2.46. The van der Waals surface area contributed by atoms with Gasteiger partial charge in [-0.1, -0.05) is 18.2 Å². The van der Waals surface area contributed by atoms with Gasteiger partial charge in [-0.25, -0.2) is 0 Å². The van der Waals surface area contributed by atoms with Gasteiger partial charge in [0.2, 0.25) is 5.91 Å². The second-order valence-electron chi connectivity index (χ2n) is 8.87. The molecule has 1 aromatic heterocycles. The maximum Gasteiger partial charge on any atom is 0.223 e. The predicted molar refractivity (Wildman–Crippen MR) is 111 cm³/mol. The summed E-state index contributed by atoms with van der Waals surface area (Å²) in [6.07, 6.45) is 7.57. The summed E-state index contributed by atoms with van der Waals surface area (Å²) in [5.41, 5.74) is 1.06. The van der Waals surface area contributed by atoms with Gasteiger partial charge in [-0.05, 0) is 55.9 Å². The first kappa shape index (κ1) is 18.7. The number of furan rings is 1. The fourth-order valence-electron chi connectivity index (χ4n) is 5.28. The van der Waals surface area contributed by atoms with E-state index in [0.29, 0.717) is 12.3 Å². The van der Waals surface area contributed by atoms with E-state index < -0.39 is 0 Å². The summed E-state index contributed by atoms with van der Waals surface area (Å²) >= 11 is 0. The van der Waals surface area contributed by atoms with Gasteiger partial charge in [0, 0.05) is 38.5 Å². The molecule has 2 fully saturated rings. The van der Waals surface area contributed by atoms with Crippen molar-refractivity contribution in [2.24, 2.45) is 0 Å². The first-order valence-corrected chi connectivity index (χ1v) is 11.0. The van der Waals surface area contributed by atoms with Crippen molar-refractivity contribution in [3.63, 3.8) is 0 Å². The summed E-state index contributed by atoms with van der Waals surface area (Å²) in [5.74, 6) is 2.57. The fourth-order valence-corrected chi connectivity index (χ4v) is 5.28. The molecule has 2 saturated heterocycles. The first-order valence-electron chi connectivity index (χ1n) is 11.0. The van der Waals surface area contributed by atoms with E-state index in [9.17, 15) is 4.79 Å². The van der Waals surface area contributed by atoms with Gasteiger partial charge in [0.15, 0.2) is 0 Å². The number of rotatable bonds is 4. The Morgan fingerprint density at radius 2 is 1.83 bits per heavy atom. The average molecular weight is 395 g/mol. The summed E-state index contributed by atoms with van der Waals surface area (Å²) in [5, 5.41) is 0. The van der Waals surface area contributed by atoms with E-state index in [1.807, 2.05) is 18.2 Å². The van der Waals surface area contributed by atoms with Crippen LogP contribution in [-0.4, -0.2) is 47.5 Å². The summed E-state index contributed by atoms with van der Waals surface area (Å²) in [4.78, 5) is 17.4. The van der Waals surface area contributed by atoms with Crippen LogP contribution in [0, 0.1) is 0 Å². The molecule has 1 aromatic carbocycles. The summed E-state index contributed by atoms with van der Waals surface area (Å²) in [7, 11) is 0. The van der Waals surface area contributed by atoms with Crippen LogP contribution in [0.25, 0.3) is 0 Å². The summed E-state index contributed by atoms with van der Waals surface area (Å²) in [6.45, 7) is 4.70. The summed E-state index contributed by atoms with van der Waals surface area (Å²) < 4.78 is 12.1. The maximum atomic E-state index is 12.9. The van der Waals surface area contributed by atoms with Crippen LogP contribution in [0.3, 0.4) is 0 Å². The van der Waals surface area contributed by atoms with Crippen LogP contribution in [0.15, 0.2) is 47.1 Å². The Balaban J connectivity index is 1.29. The maximum absolute atomic E-state index is 12.9. The smallest absolute Gasteiger partial charge is 0.223 e. The molecule has 1 spiro atoms.